The first kappa shape index (κ1) is 15.6. The smallest absolute Gasteiger partial charge is 0.254 e. The van der Waals surface area contributed by atoms with E-state index in [0.29, 0.717) is 5.92 Å². The Morgan fingerprint density at radius 1 is 1.04 bits per heavy atom. The van der Waals surface area contributed by atoms with Gasteiger partial charge in [-0.3, -0.25) is 9.69 Å². The van der Waals surface area contributed by atoms with E-state index in [1.807, 2.05) is 47.4 Å². The van der Waals surface area contributed by atoms with Crippen molar-refractivity contribution < 1.29 is 9.90 Å². The van der Waals surface area contributed by atoms with Gasteiger partial charge in [-0.1, -0.05) is 36.4 Å². The Hall–Kier alpha value is -1.91. The van der Waals surface area contributed by atoms with E-state index in [-0.39, 0.29) is 12.0 Å². The molecule has 1 N–H and O–H groups in total. The zero-order chi connectivity index (χ0) is 16.5. The molecule has 1 aliphatic heterocycles. The third-order valence-corrected chi connectivity index (χ3v) is 5.29. The summed E-state index contributed by atoms with van der Waals surface area (Å²) in [6.45, 7) is 3.92. The summed E-state index contributed by atoms with van der Waals surface area (Å²) in [6.07, 6.45) is 2.15. The van der Waals surface area contributed by atoms with Gasteiger partial charge in [0.15, 0.2) is 0 Å². The van der Waals surface area contributed by atoms with Gasteiger partial charge < -0.3 is 10.0 Å². The number of piperazine rings is 1. The van der Waals surface area contributed by atoms with E-state index in [0.717, 1.165) is 49.1 Å². The highest BCUT2D eigenvalue weighted by molar-refractivity contribution is 6.07. The third-order valence-electron chi connectivity index (χ3n) is 5.29. The second kappa shape index (κ2) is 6.54. The lowest BCUT2D eigenvalue weighted by Crippen LogP contribution is -2.50. The molecule has 1 saturated heterocycles. The summed E-state index contributed by atoms with van der Waals surface area (Å²) in [5.41, 5.74) is 0.791. The minimum absolute atomic E-state index is 0.120. The molecule has 2 aliphatic rings. The number of nitrogens with zero attached hydrogens (tertiary/aromatic N) is 2. The molecule has 4 heteroatoms. The van der Waals surface area contributed by atoms with Gasteiger partial charge in [0, 0.05) is 38.3 Å². The van der Waals surface area contributed by atoms with Gasteiger partial charge in [0.25, 0.3) is 5.91 Å². The average molecular weight is 324 g/mol. The van der Waals surface area contributed by atoms with Crippen LogP contribution < -0.4 is 0 Å². The van der Waals surface area contributed by atoms with Crippen molar-refractivity contribution >= 4 is 16.7 Å². The van der Waals surface area contributed by atoms with Crippen molar-refractivity contribution in [1.82, 2.24) is 9.80 Å². The SMILES string of the molecule is O=C(c1cccc2ccccc12)N1CCN(C[C@@H](O)C2CC2)CC1. The molecule has 2 aromatic carbocycles. The molecule has 0 spiro atoms. The fourth-order valence-corrected chi connectivity index (χ4v) is 3.61. The predicted molar refractivity (Wildman–Crippen MR) is 95.0 cm³/mol. The van der Waals surface area contributed by atoms with Crippen LogP contribution in [0.4, 0.5) is 0 Å². The number of β-amino-alcohol motifs (C(OH)–C–C–N with tert-alkyl or cyclic N) is 1. The molecule has 2 aromatic rings. The van der Waals surface area contributed by atoms with Crippen molar-refractivity contribution in [1.29, 1.82) is 0 Å². The Morgan fingerprint density at radius 3 is 2.50 bits per heavy atom. The van der Waals surface area contributed by atoms with Gasteiger partial charge in [-0.05, 0) is 35.6 Å². The predicted octanol–water partition coefficient (Wildman–Crippen LogP) is 2.37. The lowest BCUT2D eigenvalue weighted by atomic mass is 10.0. The van der Waals surface area contributed by atoms with Gasteiger partial charge in [-0.15, -0.1) is 0 Å². The molecular formula is C20H24N2O2. The van der Waals surface area contributed by atoms with Crippen LogP contribution in [0.25, 0.3) is 10.8 Å². The van der Waals surface area contributed by atoms with Gasteiger partial charge in [-0.2, -0.15) is 0 Å². The molecule has 0 bridgehead atoms. The molecule has 4 rings (SSSR count). The number of aliphatic hydroxyl groups excluding tert-OH is 1. The van der Waals surface area contributed by atoms with Gasteiger partial charge >= 0.3 is 0 Å². The second-order valence-electron chi connectivity index (χ2n) is 7.02. The number of carbonyl (C=O) groups excluding carboxylic acids is 1. The van der Waals surface area contributed by atoms with Crippen LogP contribution in [0.15, 0.2) is 42.5 Å². The number of carbonyl (C=O) groups is 1. The highest BCUT2D eigenvalue weighted by Crippen LogP contribution is 2.33. The molecule has 0 aromatic heterocycles. The van der Waals surface area contributed by atoms with E-state index in [1.54, 1.807) is 0 Å². The van der Waals surface area contributed by atoms with Crippen molar-refractivity contribution in [2.75, 3.05) is 32.7 Å². The number of amides is 1. The molecule has 126 valence electrons. The van der Waals surface area contributed by atoms with E-state index in [4.69, 9.17) is 0 Å². The van der Waals surface area contributed by atoms with E-state index in [1.165, 1.54) is 12.8 Å². The first-order valence-electron chi connectivity index (χ1n) is 8.90. The third kappa shape index (κ3) is 3.17. The fourth-order valence-electron chi connectivity index (χ4n) is 3.61. The van der Waals surface area contributed by atoms with Crippen LogP contribution in [0, 0.1) is 5.92 Å². The van der Waals surface area contributed by atoms with Crippen LogP contribution >= 0.6 is 0 Å². The van der Waals surface area contributed by atoms with Crippen molar-refractivity contribution in [2.24, 2.45) is 5.92 Å². The Balaban J connectivity index is 1.42. The first-order chi connectivity index (χ1) is 11.7. The number of benzene rings is 2. The van der Waals surface area contributed by atoms with Crippen LogP contribution in [0.1, 0.15) is 23.2 Å². The molecule has 4 nitrogen and oxygen atoms in total. The summed E-state index contributed by atoms with van der Waals surface area (Å²) < 4.78 is 0. The van der Waals surface area contributed by atoms with Crippen LogP contribution in [0.5, 0.6) is 0 Å². The van der Waals surface area contributed by atoms with Gasteiger partial charge in [0.2, 0.25) is 0 Å². The normalized spacial score (nSPS) is 20.3. The molecule has 1 saturated carbocycles. The summed E-state index contributed by atoms with van der Waals surface area (Å²) >= 11 is 0. The van der Waals surface area contributed by atoms with Crippen LogP contribution in [-0.2, 0) is 0 Å². The Bertz CT molecular complexity index is 728. The number of rotatable bonds is 4. The lowest BCUT2D eigenvalue weighted by Gasteiger charge is -2.35. The number of fused-ring (bicyclic) bond motifs is 1. The van der Waals surface area contributed by atoms with Gasteiger partial charge in [0.05, 0.1) is 6.10 Å². The monoisotopic (exact) mass is 324 g/mol. The van der Waals surface area contributed by atoms with E-state index in [9.17, 15) is 9.90 Å². The molecule has 1 heterocycles. The molecule has 24 heavy (non-hydrogen) atoms. The summed E-state index contributed by atoms with van der Waals surface area (Å²) in [5, 5.41) is 12.2. The van der Waals surface area contributed by atoms with E-state index in [2.05, 4.69) is 4.90 Å². The summed E-state index contributed by atoms with van der Waals surface area (Å²) in [7, 11) is 0. The Kier molecular flexibility index (Phi) is 4.25. The largest absolute Gasteiger partial charge is 0.392 e. The zero-order valence-electron chi connectivity index (χ0n) is 13.9. The number of aliphatic hydroxyl groups is 1. The highest BCUT2D eigenvalue weighted by atomic mass is 16.3. The average Bonchev–Trinajstić information content (AvgIpc) is 3.46. The van der Waals surface area contributed by atoms with E-state index < -0.39 is 0 Å². The van der Waals surface area contributed by atoms with Gasteiger partial charge in [-0.25, -0.2) is 0 Å². The summed E-state index contributed by atoms with van der Waals surface area (Å²) in [4.78, 5) is 17.2. The number of hydrogen-bond acceptors (Lipinski definition) is 3. The lowest BCUT2D eigenvalue weighted by molar-refractivity contribution is 0.0490. The first-order valence-corrected chi connectivity index (χ1v) is 8.90. The fraction of sp³-hybridized carbons (Fsp3) is 0.450. The molecule has 0 radical (unpaired) electrons. The molecule has 2 fully saturated rings. The van der Waals surface area contributed by atoms with Gasteiger partial charge in [0.1, 0.15) is 0 Å². The van der Waals surface area contributed by atoms with E-state index >= 15 is 0 Å². The van der Waals surface area contributed by atoms with Crippen LogP contribution in [0.2, 0.25) is 0 Å². The summed E-state index contributed by atoms with van der Waals surface area (Å²) in [5.74, 6) is 0.634. The van der Waals surface area contributed by atoms with Crippen molar-refractivity contribution in [2.45, 2.75) is 18.9 Å². The maximum Gasteiger partial charge on any atom is 0.254 e. The molecule has 0 unspecified atom stereocenters. The highest BCUT2D eigenvalue weighted by Gasteiger charge is 2.32. The molecule has 1 atom stereocenters. The molecule has 1 aliphatic carbocycles. The number of hydrogen-bond donors (Lipinski definition) is 1. The maximum absolute atomic E-state index is 12.9. The summed E-state index contributed by atoms with van der Waals surface area (Å²) in [6, 6.07) is 14.0. The topological polar surface area (TPSA) is 43.8 Å². The standard InChI is InChI=1S/C20H24N2O2/c23-19(16-8-9-16)14-21-10-12-22(13-11-21)20(24)18-7-3-5-15-4-1-2-6-17(15)18/h1-7,16,19,23H,8-14H2/t19-/m1/s1. The Morgan fingerprint density at radius 2 is 1.75 bits per heavy atom. The minimum atomic E-state index is -0.190. The molecular weight excluding hydrogens is 300 g/mol. The van der Waals surface area contributed by atoms with Crippen LogP contribution in [0.3, 0.4) is 0 Å². The van der Waals surface area contributed by atoms with Crippen molar-refractivity contribution in [3.63, 3.8) is 0 Å². The quantitative estimate of drug-likeness (QED) is 0.939. The minimum Gasteiger partial charge on any atom is -0.392 e. The maximum atomic E-state index is 12.9. The zero-order valence-corrected chi connectivity index (χ0v) is 13.9. The van der Waals surface area contributed by atoms with Crippen molar-refractivity contribution in [3.05, 3.63) is 48.0 Å². The second-order valence-corrected chi connectivity index (χ2v) is 7.02. The molecule has 1 amide bonds. The van der Waals surface area contributed by atoms with Crippen LogP contribution in [-0.4, -0.2) is 59.6 Å². The van der Waals surface area contributed by atoms with Crippen molar-refractivity contribution in [3.8, 4) is 0 Å². The Labute approximate surface area is 142 Å².